The normalized spacial score (nSPS) is 12.2. The van der Waals surface area contributed by atoms with Gasteiger partial charge < -0.3 is 13.4 Å². The first kappa shape index (κ1) is 17.9. The molecule has 3 heterocycles. The summed E-state index contributed by atoms with van der Waals surface area (Å²) in [6.45, 7) is 1.92. The Morgan fingerprint density at radius 2 is 1.93 bits per heavy atom. The van der Waals surface area contributed by atoms with E-state index < -0.39 is 4.92 Å². The first-order valence-corrected chi connectivity index (χ1v) is 9.09. The highest BCUT2D eigenvalue weighted by Crippen LogP contribution is 2.35. The number of nitro benzene ring substituents is 1. The zero-order valence-electron chi connectivity index (χ0n) is 14.8. The van der Waals surface area contributed by atoms with E-state index in [1.54, 1.807) is 24.5 Å². The van der Waals surface area contributed by atoms with E-state index in [9.17, 15) is 10.1 Å². The number of benzene rings is 1. The van der Waals surface area contributed by atoms with Gasteiger partial charge in [-0.2, -0.15) is 0 Å². The second-order valence-corrected chi connectivity index (χ2v) is 7.16. The van der Waals surface area contributed by atoms with Crippen molar-refractivity contribution in [3.8, 4) is 23.0 Å². The van der Waals surface area contributed by atoms with Crippen LogP contribution in [0.4, 0.5) is 5.69 Å². The van der Waals surface area contributed by atoms with Crippen LogP contribution in [0.15, 0.2) is 56.7 Å². The number of hydrogen-bond donors (Lipinski definition) is 0. The predicted octanol–water partition coefficient (Wildman–Crippen LogP) is 3.89. The first-order valence-electron chi connectivity index (χ1n) is 8.21. The van der Waals surface area contributed by atoms with Gasteiger partial charge in [0.1, 0.15) is 0 Å². The lowest BCUT2D eigenvalue weighted by molar-refractivity contribution is -0.384. The number of nitro groups is 1. The molecule has 0 spiro atoms. The summed E-state index contributed by atoms with van der Waals surface area (Å²) in [6.07, 6.45) is 1.58. The van der Waals surface area contributed by atoms with Gasteiger partial charge in [0.2, 0.25) is 11.8 Å². The van der Waals surface area contributed by atoms with Crippen LogP contribution in [0.25, 0.3) is 23.0 Å². The highest BCUT2D eigenvalue weighted by Gasteiger charge is 2.21. The zero-order valence-corrected chi connectivity index (χ0v) is 15.7. The minimum atomic E-state index is -0.459. The first-order chi connectivity index (χ1) is 13.5. The Balaban J connectivity index is 1.51. The molecule has 3 aromatic heterocycles. The number of non-ortho nitro benzene ring substituents is 1. The number of aromatic nitrogens is 5. The van der Waals surface area contributed by atoms with Crippen molar-refractivity contribution in [3.63, 3.8) is 0 Å². The summed E-state index contributed by atoms with van der Waals surface area (Å²) in [5, 5.41) is 27.7. The van der Waals surface area contributed by atoms with Crippen molar-refractivity contribution >= 4 is 17.4 Å². The lowest BCUT2D eigenvalue weighted by Gasteiger charge is -2.06. The van der Waals surface area contributed by atoms with Crippen LogP contribution in [0.3, 0.4) is 0 Å². The van der Waals surface area contributed by atoms with Gasteiger partial charge >= 0.3 is 0 Å². The molecule has 0 aliphatic heterocycles. The van der Waals surface area contributed by atoms with E-state index in [1.807, 2.05) is 24.6 Å². The molecular weight excluding hydrogens is 384 g/mol. The molecule has 0 saturated carbocycles. The number of rotatable bonds is 6. The third-order valence-corrected chi connectivity index (χ3v) is 5.09. The van der Waals surface area contributed by atoms with Crippen LogP contribution in [-0.4, -0.2) is 29.9 Å². The van der Waals surface area contributed by atoms with E-state index in [0.717, 1.165) is 0 Å². The molecule has 4 rings (SSSR count). The molecule has 28 heavy (non-hydrogen) atoms. The van der Waals surface area contributed by atoms with Gasteiger partial charge in [-0.05, 0) is 31.2 Å². The van der Waals surface area contributed by atoms with Crippen LogP contribution < -0.4 is 0 Å². The van der Waals surface area contributed by atoms with Crippen molar-refractivity contribution in [1.82, 2.24) is 25.0 Å². The summed E-state index contributed by atoms with van der Waals surface area (Å²) in [5.41, 5.74) is 0.613. The highest BCUT2D eigenvalue weighted by molar-refractivity contribution is 7.99. The molecule has 0 fully saturated rings. The van der Waals surface area contributed by atoms with Crippen LogP contribution >= 0.6 is 11.8 Å². The van der Waals surface area contributed by atoms with E-state index in [1.165, 1.54) is 23.9 Å². The van der Waals surface area contributed by atoms with Crippen molar-refractivity contribution in [2.45, 2.75) is 17.3 Å². The fraction of sp³-hybridized carbons (Fsp3) is 0.176. The van der Waals surface area contributed by atoms with Gasteiger partial charge in [0, 0.05) is 24.7 Å². The predicted molar refractivity (Wildman–Crippen MR) is 99.4 cm³/mol. The molecule has 0 aliphatic rings. The van der Waals surface area contributed by atoms with Crippen LogP contribution in [0.1, 0.15) is 18.1 Å². The third-order valence-electron chi connectivity index (χ3n) is 3.97. The molecule has 0 radical (unpaired) electrons. The van der Waals surface area contributed by atoms with Gasteiger partial charge in [0.05, 0.1) is 16.4 Å². The maximum Gasteiger partial charge on any atom is 0.269 e. The molecule has 1 atom stereocenters. The van der Waals surface area contributed by atoms with Gasteiger partial charge in [0.25, 0.3) is 5.69 Å². The van der Waals surface area contributed by atoms with E-state index in [-0.39, 0.29) is 10.9 Å². The second kappa shape index (κ2) is 7.27. The summed E-state index contributed by atoms with van der Waals surface area (Å²) in [7, 11) is 1.85. The summed E-state index contributed by atoms with van der Waals surface area (Å²) in [4.78, 5) is 10.3. The number of nitrogens with zero attached hydrogens (tertiary/aromatic N) is 6. The SMILES string of the molecule is CC(Sc1nnc(-c2ccco2)n1C)c1nnc(-c2ccc([N+](=O)[O-])cc2)o1. The Morgan fingerprint density at radius 3 is 2.61 bits per heavy atom. The number of hydrogen-bond acceptors (Lipinski definition) is 9. The summed E-state index contributed by atoms with van der Waals surface area (Å²) >= 11 is 1.42. The monoisotopic (exact) mass is 398 g/mol. The lowest BCUT2D eigenvalue weighted by atomic mass is 10.2. The standard InChI is InChI=1S/C17H14N6O4S/c1-10(28-17-21-18-14(22(17)2)13-4-3-9-26-13)15-19-20-16(27-15)11-5-7-12(8-6-11)23(24)25/h3-10H,1-2H3. The molecule has 0 saturated heterocycles. The Bertz CT molecular complexity index is 1100. The Morgan fingerprint density at radius 1 is 1.14 bits per heavy atom. The van der Waals surface area contributed by atoms with Crippen molar-refractivity contribution < 1.29 is 13.8 Å². The van der Waals surface area contributed by atoms with Gasteiger partial charge in [0.15, 0.2) is 16.7 Å². The average molecular weight is 398 g/mol. The van der Waals surface area contributed by atoms with E-state index in [2.05, 4.69) is 20.4 Å². The molecule has 1 unspecified atom stereocenters. The molecule has 0 aliphatic carbocycles. The fourth-order valence-electron chi connectivity index (χ4n) is 2.49. The summed E-state index contributed by atoms with van der Waals surface area (Å²) < 4.78 is 12.9. The molecule has 0 bridgehead atoms. The van der Waals surface area contributed by atoms with Crippen LogP contribution in [0, 0.1) is 10.1 Å². The summed E-state index contributed by atoms with van der Waals surface area (Å²) in [5.74, 6) is 1.97. The van der Waals surface area contributed by atoms with Gasteiger partial charge in [-0.15, -0.1) is 20.4 Å². The maximum atomic E-state index is 10.8. The third kappa shape index (κ3) is 3.39. The van der Waals surface area contributed by atoms with Crippen LogP contribution in [-0.2, 0) is 7.05 Å². The largest absolute Gasteiger partial charge is 0.461 e. The van der Waals surface area contributed by atoms with Crippen LogP contribution in [0.2, 0.25) is 0 Å². The molecular formula is C17H14N6O4S. The van der Waals surface area contributed by atoms with Gasteiger partial charge in [-0.1, -0.05) is 11.8 Å². The average Bonchev–Trinajstić information content (AvgIpc) is 3.43. The molecule has 0 N–H and O–H groups in total. The highest BCUT2D eigenvalue weighted by atomic mass is 32.2. The van der Waals surface area contributed by atoms with Gasteiger partial charge in [-0.3, -0.25) is 10.1 Å². The molecule has 11 heteroatoms. The Kier molecular flexibility index (Phi) is 4.65. The second-order valence-electron chi connectivity index (χ2n) is 5.85. The van der Waals surface area contributed by atoms with Crippen molar-refractivity contribution in [3.05, 3.63) is 58.7 Å². The Hall–Kier alpha value is -3.47. The lowest BCUT2D eigenvalue weighted by Crippen LogP contribution is -1.96. The topological polar surface area (TPSA) is 126 Å². The van der Waals surface area contributed by atoms with Crippen molar-refractivity contribution in [2.75, 3.05) is 0 Å². The van der Waals surface area contributed by atoms with E-state index in [4.69, 9.17) is 8.83 Å². The molecule has 142 valence electrons. The number of thioether (sulfide) groups is 1. The minimum Gasteiger partial charge on any atom is -0.461 e. The molecule has 1 aromatic carbocycles. The minimum absolute atomic E-state index is 0.00190. The van der Waals surface area contributed by atoms with E-state index >= 15 is 0 Å². The van der Waals surface area contributed by atoms with Crippen molar-refractivity contribution in [2.24, 2.45) is 7.05 Å². The number of furan rings is 1. The Labute approximate surface area is 162 Å². The fourth-order valence-corrected chi connectivity index (χ4v) is 3.33. The maximum absolute atomic E-state index is 10.8. The van der Waals surface area contributed by atoms with Crippen molar-refractivity contribution in [1.29, 1.82) is 0 Å². The molecule has 10 nitrogen and oxygen atoms in total. The van der Waals surface area contributed by atoms with Crippen LogP contribution in [0.5, 0.6) is 0 Å². The van der Waals surface area contributed by atoms with E-state index in [0.29, 0.717) is 34.1 Å². The molecule has 4 aromatic rings. The van der Waals surface area contributed by atoms with Gasteiger partial charge in [-0.25, -0.2) is 0 Å². The quantitative estimate of drug-likeness (QED) is 0.270. The smallest absolute Gasteiger partial charge is 0.269 e. The molecule has 0 amide bonds. The zero-order chi connectivity index (χ0) is 19.7. The summed E-state index contributed by atoms with van der Waals surface area (Å²) in [6, 6.07) is 9.55.